The summed E-state index contributed by atoms with van der Waals surface area (Å²) in [5, 5.41) is 3.43. The molecule has 3 N–H and O–H groups in total. The number of anilines is 1. The molecule has 0 spiro atoms. The fourth-order valence-electron chi connectivity index (χ4n) is 2.45. The number of imidazole rings is 1. The molecule has 1 aliphatic rings. The number of nitrogens with zero attached hydrogens (tertiary/aromatic N) is 2. The number of halogens is 1. The Balaban J connectivity index is 2.10. The standard InChI is InChI=1S/C12H15BrN4/c13-11-10-6-9(14)3-5-17(10)12(16-11)8-2-1-4-15-7-8/h3,5-6,8,15H,1-2,4,7,14H2. The third-order valence-electron chi connectivity index (χ3n) is 3.31. The van der Waals surface area contributed by atoms with Gasteiger partial charge >= 0.3 is 0 Å². The zero-order valence-corrected chi connectivity index (χ0v) is 11.1. The molecule has 2 aromatic heterocycles. The summed E-state index contributed by atoms with van der Waals surface area (Å²) in [5.41, 5.74) is 7.62. The third-order valence-corrected chi connectivity index (χ3v) is 3.90. The molecule has 0 radical (unpaired) electrons. The van der Waals surface area contributed by atoms with Crippen molar-refractivity contribution in [2.75, 3.05) is 18.8 Å². The van der Waals surface area contributed by atoms with Crippen LogP contribution in [0, 0.1) is 0 Å². The van der Waals surface area contributed by atoms with Crippen LogP contribution in [0.1, 0.15) is 24.6 Å². The summed E-state index contributed by atoms with van der Waals surface area (Å²) < 4.78 is 3.02. The molecule has 1 aliphatic heterocycles. The summed E-state index contributed by atoms with van der Waals surface area (Å²) in [4.78, 5) is 4.64. The summed E-state index contributed by atoms with van der Waals surface area (Å²) in [7, 11) is 0. The molecule has 4 nitrogen and oxygen atoms in total. The highest BCUT2D eigenvalue weighted by atomic mass is 79.9. The molecule has 90 valence electrons. The number of aromatic nitrogens is 2. The van der Waals surface area contributed by atoms with Crippen molar-refractivity contribution in [3.8, 4) is 0 Å². The minimum absolute atomic E-state index is 0.492. The lowest BCUT2D eigenvalue weighted by atomic mass is 9.99. The highest BCUT2D eigenvalue weighted by Gasteiger charge is 2.21. The third kappa shape index (κ3) is 1.93. The Morgan fingerprint density at radius 1 is 1.53 bits per heavy atom. The number of hydrogen-bond donors (Lipinski definition) is 2. The first kappa shape index (κ1) is 11.0. The molecule has 1 saturated heterocycles. The van der Waals surface area contributed by atoms with Crippen LogP contribution in [-0.2, 0) is 0 Å². The van der Waals surface area contributed by atoms with Gasteiger partial charge in [0.15, 0.2) is 0 Å². The zero-order valence-electron chi connectivity index (χ0n) is 9.49. The first-order valence-corrected chi connectivity index (χ1v) is 6.68. The zero-order chi connectivity index (χ0) is 11.8. The van der Waals surface area contributed by atoms with E-state index in [4.69, 9.17) is 5.73 Å². The maximum Gasteiger partial charge on any atom is 0.132 e. The van der Waals surface area contributed by atoms with E-state index in [0.717, 1.165) is 34.7 Å². The number of rotatable bonds is 1. The maximum absolute atomic E-state index is 5.81. The summed E-state index contributed by atoms with van der Waals surface area (Å²) in [5.74, 6) is 1.62. The lowest BCUT2D eigenvalue weighted by Gasteiger charge is -2.21. The lowest BCUT2D eigenvalue weighted by molar-refractivity contribution is 0.445. The number of nitrogens with one attached hydrogen (secondary N) is 1. The van der Waals surface area contributed by atoms with Crippen molar-refractivity contribution in [1.82, 2.24) is 14.7 Å². The summed E-state index contributed by atoms with van der Waals surface area (Å²) in [6.45, 7) is 2.13. The van der Waals surface area contributed by atoms with Gasteiger partial charge in [-0.3, -0.25) is 0 Å². The Morgan fingerprint density at radius 2 is 2.41 bits per heavy atom. The van der Waals surface area contributed by atoms with Crippen LogP contribution < -0.4 is 11.1 Å². The summed E-state index contributed by atoms with van der Waals surface area (Å²) in [6.07, 6.45) is 4.42. The number of fused-ring (bicyclic) bond motifs is 1. The fraction of sp³-hybridized carbons (Fsp3) is 0.417. The van der Waals surface area contributed by atoms with Crippen LogP contribution in [0.15, 0.2) is 22.9 Å². The molecule has 0 amide bonds. The van der Waals surface area contributed by atoms with Crippen molar-refractivity contribution >= 4 is 27.1 Å². The second-order valence-corrected chi connectivity index (χ2v) is 5.27. The maximum atomic E-state index is 5.81. The van der Waals surface area contributed by atoms with E-state index in [0.29, 0.717) is 5.92 Å². The monoisotopic (exact) mass is 294 g/mol. The van der Waals surface area contributed by atoms with Crippen LogP contribution in [0.4, 0.5) is 5.69 Å². The van der Waals surface area contributed by atoms with Gasteiger partial charge in [0.25, 0.3) is 0 Å². The summed E-state index contributed by atoms with van der Waals surface area (Å²) >= 11 is 3.51. The molecule has 0 saturated carbocycles. The first-order valence-electron chi connectivity index (χ1n) is 5.89. The van der Waals surface area contributed by atoms with Crippen molar-refractivity contribution in [3.05, 3.63) is 28.8 Å². The van der Waals surface area contributed by atoms with E-state index in [-0.39, 0.29) is 0 Å². The molecule has 5 heteroatoms. The average Bonchev–Trinajstić information content (AvgIpc) is 2.68. The fourth-order valence-corrected chi connectivity index (χ4v) is 2.93. The van der Waals surface area contributed by atoms with Crippen LogP contribution in [0.3, 0.4) is 0 Å². The molecule has 0 aromatic carbocycles. The van der Waals surface area contributed by atoms with Crippen molar-refractivity contribution in [2.24, 2.45) is 0 Å². The van der Waals surface area contributed by atoms with Crippen LogP contribution in [-0.4, -0.2) is 22.5 Å². The van der Waals surface area contributed by atoms with Crippen LogP contribution >= 0.6 is 15.9 Å². The van der Waals surface area contributed by atoms with Gasteiger partial charge in [0.05, 0.1) is 5.52 Å². The number of pyridine rings is 1. The largest absolute Gasteiger partial charge is 0.399 e. The van der Waals surface area contributed by atoms with Crippen molar-refractivity contribution < 1.29 is 0 Å². The van der Waals surface area contributed by atoms with E-state index in [1.807, 2.05) is 18.3 Å². The molecule has 1 unspecified atom stereocenters. The lowest BCUT2D eigenvalue weighted by Crippen LogP contribution is -2.29. The smallest absolute Gasteiger partial charge is 0.132 e. The molecular weight excluding hydrogens is 280 g/mol. The van der Waals surface area contributed by atoms with Gasteiger partial charge < -0.3 is 15.5 Å². The molecule has 1 fully saturated rings. The minimum atomic E-state index is 0.492. The molecular formula is C12H15BrN4. The van der Waals surface area contributed by atoms with E-state index < -0.39 is 0 Å². The van der Waals surface area contributed by atoms with E-state index in [2.05, 4.69) is 30.6 Å². The number of piperidine rings is 1. The average molecular weight is 295 g/mol. The Morgan fingerprint density at radius 3 is 3.18 bits per heavy atom. The van der Waals surface area contributed by atoms with Gasteiger partial charge in [0, 0.05) is 24.3 Å². The minimum Gasteiger partial charge on any atom is -0.399 e. The molecule has 3 rings (SSSR count). The number of hydrogen-bond acceptors (Lipinski definition) is 3. The first-order chi connectivity index (χ1) is 8.25. The highest BCUT2D eigenvalue weighted by Crippen LogP contribution is 2.28. The van der Waals surface area contributed by atoms with E-state index in [1.54, 1.807) is 0 Å². The normalized spacial score (nSPS) is 20.9. The van der Waals surface area contributed by atoms with E-state index in [9.17, 15) is 0 Å². The van der Waals surface area contributed by atoms with Gasteiger partial charge in [0.1, 0.15) is 10.4 Å². The second kappa shape index (κ2) is 4.31. The SMILES string of the molecule is Nc1ccn2c(C3CCCNC3)nc(Br)c2c1. The number of nitrogens with two attached hydrogens (primary N) is 1. The van der Waals surface area contributed by atoms with Gasteiger partial charge in [-0.2, -0.15) is 0 Å². The van der Waals surface area contributed by atoms with Crippen molar-refractivity contribution in [2.45, 2.75) is 18.8 Å². The predicted octanol–water partition coefficient (Wildman–Crippen LogP) is 2.15. The Kier molecular flexibility index (Phi) is 2.80. The van der Waals surface area contributed by atoms with Crippen LogP contribution in [0.2, 0.25) is 0 Å². The van der Waals surface area contributed by atoms with Crippen LogP contribution in [0.5, 0.6) is 0 Å². The van der Waals surface area contributed by atoms with Crippen LogP contribution in [0.25, 0.3) is 5.52 Å². The summed E-state index contributed by atoms with van der Waals surface area (Å²) in [6, 6.07) is 3.87. The molecule has 1 atom stereocenters. The van der Waals surface area contributed by atoms with Crippen molar-refractivity contribution in [3.63, 3.8) is 0 Å². The van der Waals surface area contributed by atoms with Gasteiger partial charge in [-0.05, 0) is 47.4 Å². The van der Waals surface area contributed by atoms with Gasteiger partial charge in [0.2, 0.25) is 0 Å². The van der Waals surface area contributed by atoms with Gasteiger partial charge in [-0.15, -0.1) is 0 Å². The second-order valence-electron chi connectivity index (χ2n) is 4.52. The Hall–Kier alpha value is -1.07. The van der Waals surface area contributed by atoms with Gasteiger partial charge in [-0.1, -0.05) is 0 Å². The highest BCUT2D eigenvalue weighted by molar-refractivity contribution is 9.10. The topological polar surface area (TPSA) is 55.4 Å². The van der Waals surface area contributed by atoms with E-state index >= 15 is 0 Å². The molecule has 3 heterocycles. The van der Waals surface area contributed by atoms with E-state index in [1.165, 1.54) is 12.8 Å². The Bertz CT molecular complexity index is 543. The Labute approximate surface area is 108 Å². The molecule has 2 aromatic rings. The molecule has 17 heavy (non-hydrogen) atoms. The molecule has 0 aliphatic carbocycles. The quantitative estimate of drug-likeness (QED) is 0.847. The predicted molar refractivity (Wildman–Crippen MR) is 72.1 cm³/mol. The van der Waals surface area contributed by atoms with Gasteiger partial charge in [-0.25, -0.2) is 4.98 Å². The molecule has 0 bridgehead atoms. The van der Waals surface area contributed by atoms with Crippen molar-refractivity contribution in [1.29, 1.82) is 0 Å². The number of nitrogen functional groups attached to an aromatic ring is 1.